The van der Waals surface area contributed by atoms with E-state index in [-0.39, 0.29) is 12.0 Å². The number of hydrogen-bond acceptors (Lipinski definition) is 5. The van der Waals surface area contributed by atoms with E-state index in [0.717, 1.165) is 43.5 Å². The summed E-state index contributed by atoms with van der Waals surface area (Å²) in [5.74, 6) is 0.639. The summed E-state index contributed by atoms with van der Waals surface area (Å²) >= 11 is 0. The molecular weight excluding hydrogens is 402 g/mol. The molecule has 2 aromatic carbocycles. The van der Waals surface area contributed by atoms with Crippen LogP contribution in [0.15, 0.2) is 48.5 Å². The Labute approximate surface area is 178 Å². The molecule has 0 saturated carbocycles. The number of nitrogens with one attached hydrogen (secondary N) is 1. The summed E-state index contributed by atoms with van der Waals surface area (Å²) < 4.78 is 30.4. The number of rotatable bonds is 7. The first-order valence-electron chi connectivity index (χ1n) is 9.98. The predicted octanol–water partition coefficient (Wildman–Crippen LogP) is 2.49. The molecule has 0 unspecified atom stereocenters. The Balaban J connectivity index is 1.51. The minimum absolute atomic E-state index is 0.213. The highest BCUT2D eigenvalue weighted by Crippen LogP contribution is 2.19. The van der Waals surface area contributed by atoms with Gasteiger partial charge in [-0.15, -0.1) is 0 Å². The lowest BCUT2D eigenvalue weighted by Gasteiger charge is -2.29. The smallest absolute Gasteiger partial charge is 0.251 e. The van der Waals surface area contributed by atoms with Crippen molar-refractivity contribution in [2.24, 2.45) is 0 Å². The van der Waals surface area contributed by atoms with Crippen LogP contribution in [0, 0.1) is 0 Å². The van der Waals surface area contributed by atoms with Crippen LogP contribution in [-0.4, -0.2) is 58.8 Å². The van der Waals surface area contributed by atoms with Crippen LogP contribution in [0.5, 0.6) is 5.75 Å². The molecule has 7 nitrogen and oxygen atoms in total. The van der Waals surface area contributed by atoms with Gasteiger partial charge in [0.15, 0.2) is 0 Å². The molecule has 2 aromatic rings. The van der Waals surface area contributed by atoms with Crippen molar-refractivity contribution in [3.63, 3.8) is 0 Å². The zero-order valence-electron chi connectivity index (χ0n) is 17.7. The van der Waals surface area contributed by atoms with Gasteiger partial charge in [0, 0.05) is 32.2 Å². The molecule has 1 amide bonds. The number of carbonyl (C=O) groups excluding carboxylic acids is 1. The maximum atomic E-state index is 12.4. The average molecular weight is 432 g/mol. The van der Waals surface area contributed by atoms with Crippen molar-refractivity contribution < 1.29 is 17.9 Å². The zero-order chi connectivity index (χ0) is 21.7. The lowest BCUT2D eigenvalue weighted by molar-refractivity contribution is 0.0951. The van der Waals surface area contributed by atoms with Crippen molar-refractivity contribution >= 4 is 21.6 Å². The molecule has 8 heteroatoms. The summed E-state index contributed by atoms with van der Waals surface area (Å²) in [6.45, 7) is 2.51. The molecule has 1 aliphatic heterocycles. The van der Waals surface area contributed by atoms with Gasteiger partial charge >= 0.3 is 0 Å². The highest BCUT2D eigenvalue weighted by Gasteiger charge is 2.18. The average Bonchev–Trinajstić information content (AvgIpc) is 2.73. The number of benzene rings is 2. The molecule has 1 heterocycles. The van der Waals surface area contributed by atoms with Gasteiger partial charge in [-0.2, -0.15) is 0 Å². The van der Waals surface area contributed by atoms with Gasteiger partial charge in [-0.3, -0.25) is 9.10 Å². The van der Waals surface area contributed by atoms with Gasteiger partial charge in [-0.1, -0.05) is 12.1 Å². The minimum Gasteiger partial charge on any atom is -0.490 e. The molecule has 1 N–H and O–H groups in total. The lowest BCUT2D eigenvalue weighted by Crippen LogP contribution is -2.35. The number of sulfonamides is 1. The second-order valence-electron chi connectivity index (χ2n) is 7.72. The van der Waals surface area contributed by atoms with Gasteiger partial charge in [0.25, 0.3) is 5.91 Å². The molecule has 1 saturated heterocycles. The third kappa shape index (κ3) is 5.96. The van der Waals surface area contributed by atoms with Gasteiger partial charge in [-0.05, 0) is 61.9 Å². The van der Waals surface area contributed by atoms with E-state index >= 15 is 0 Å². The van der Waals surface area contributed by atoms with Crippen LogP contribution in [0.4, 0.5) is 5.69 Å². The second kappa shape index (κ2) is 9.49. The van der Waals surface area contributed by atoms with Gasteiger partial charge in [0.2, 0.25) is 10.0 Å². The number of carbonyl (C=O) groups is 1. The van der Waals surface area contributed by atoms with E-state index in [9.17, 15) is 13.2 Å². The monoisotopic (exact) mass is 431 g/mol. The van der Waals surface area contributed by atoms with Crippen LogP contribution in [0.1, 0.15) is 28.8 Å². The van der Waals surface area contributed by atoms with E-state index in [1.807, 2.05) is 24.3 Å². The molecule has 0 radical (unpaired) electrons. The molecule has 1 fully saturated rings. The fraction of sp³-hybridized carbons (Fsp3) is 0.409. The number of anilines is 1. The van der Waals surface area contributed by atoms with Crippen LogP contribution in [0.3, 0.4) is 0 Å². The Kier molecular flexibility index (Phi) is 6.99. The Hall–Kier alpha value is -2.58. The quantitative estimate of drug-likeness (QED) is 0.729. The summed E-state index contributed by atoms with van der Waals surface area (Å²) in [6.07, 6.45) is 3.47. The lowest BCUT2D eigenvalue weighted by atomic mass is 10.1. The maximum Gasteiger partial charge on any atom is 0.251 e. The first-order chi connectivity index (χ1) is 14.2. The van der Waals surface area contributed by atoms with Crippen molar-refractivity contribution in [1.82, 2.24) is 10.2 Å². The summed E-state index contributed by atoms with van der Waals surface area (Å²) in [5, 5.41) is 2.88. The first kappa shape index (κ1) is 22.1. The maximum absolute atomic E-state index is 12.4. The normalized spacial score (nSPS) is 15.6. The Morgan fingerprint density at radius 1 is 1.10 bits per heavy atom. The van der Waals surface area contributed by atoms with Crippen LogP contribution in [0.2, 0.25) is 0 Å². The number of nitrogens with zero attached hydrogens (tertiary/aromatic N) is 2. The van der Waals surface area contributed by atoms with Crippen molar-refractivity contribution in [1.29, 1.82) is 0 Å². The van der Waals surface area contributed by atoms with Gasteiger partial charge < -0.3 is 15.0 Å². The SMILES string of the molecule is CN1CCC(Oc2ccc(CNC(=O)c3ccc(N(C)S(C)(=O)=O)cc3)cc2)CC1. The summed E-state index contributed by atoms with van der Waals surface area (Å²) in [7, 11) is 0.273. The van der Waals surface area contributed by atoms with Gasteiger partial charge in [0.05, 0.1) is 11.9 Å². The van der Waals surface area contributed by atoms with E-state index in [2.05, 4.69) is 17.3 Å². The van der Waals surface area contributed by atoms with E-state index < -0.39 is 10.0 Å². The predicted molar refractivity (Wildman–Crippen MR) is 118 cm³/mol. The van der Waals surface area contributed by atoms with E-state index in [4.69, 9.17) is 4.74 Å². The Morgan fingerprint density at radius 3 is 2.27 bits per heavy atom. The van der Waals surface area contributed by atoms with Crippen molar-refractivity contribution in [3.8, 4) is 5.75 Å². The fourth-order valence-corrected chi connectivity index (χ4v) is 3.78. The Bertz CT molecular complexity index is 951. The molecule has 1 aliphatic rings. The van der Waals surface area contributed by atoms with Crippen molar-refractivity contribution in [3.05, 3.63) is 59.7 Å². The minimum atomic E-state index is -3.33. The van der Waals surface area contributed by atoms with Crippen LogP contribution < -0.4 is 14.4 Å². The molecule has 162 valence electrons. The molecule has 0 aromatic heterocycles. The summed E-state index contributed by atoms with van der Waals surface area (Å²) in [4.78, 5) is 14.7. The summed E-state index contributed by atoms with van der Waals surface area (Å²) in [6, 6.07) is 14.3. The van der Waals surface area contributed by atoms with Crippen LogP contribution in [0.25, 0.3) is 0 Å². The van der Waals surface area contributed by atoms with E-state index in [1.165, 1.54) is 11.4 Å². The molecule has 0 atom stereocenters. The Morgan fingerprint density at radius 2 is 1.70 bits per heavy atom. The number of hydrogen-bond donors (Lipinski definition) is 1. The largest absolute Gasteiger partial charge is 0.490 e. The van der Waals surface area contributed by atoms with Crippen molar-refractivity contribution in [2.45, 2.75) is 25.5 Å². The van der Waals surface area contributed by atoms with E-state index in [1.54, 1.807) is 24.3 Å². The summed E-state index contributed by atoms with van der Waals surface area (Å²) in [5.41, 5.74) is 1.96. The van der Waals surface area contributed by atoms with Gasteiger partial charge in [0.1, 0.15) is 11.9 Å². The molecule has 30 heavy (non-hydrogen) atoms. The van der Waals surface area contributed by atoms with Crippen LogP contribution >= 0.6 is 0 Å². The van der Waals surface area contributed by atoms with Gasteiger partial charge in [-0.25, -0.2) is 8.42 Å². The highest BCUT2D eigenvalue weighted by atomic mass is 32.2. The third-order valence-corrected chi connectivity index (χ3v) is 6.54. The molecule has 0 spiro atoms. The second-order valence-corrected chi connectivity index (χ2v) is 9.74. The number of ether oxygens (including phenoxy) is 1. The fourth-order valence-electron chi connectivity index (χ4n) is 3.28. The highest BCUT2D eigenvalue weighted by molar-refractivity contribution is 7.92. The molecule has 0 aliphatic carbocycles. The zero-order valence-corrected chi connectivity index (χ0v) is 18.5. The molecule has 0 bridgehead atoms. The number of amides is 1. The number of likely N-dealkylation sites (tertiary alicyclic amines) is 1. The first-order valence-corrected chi connectivity index (χ1v) is 11.8. The molecular formula is C22H29N3O4S. The van der Waals surface area contributed by atoms with Crippen molar-refractivity contribution in [2.75, 3.05) is 37.7 Å². The number of piperidine rings is 1. The third-order valence-electron chi connectivity index (χ3n) is 5.34. The van der Waals surface area contributed by atoms with E-state index in [0.29, 0.717) is 17.8 Å². The standard InChI is InChI=1S/C22H29N3O4S/c1-24-14-12-21(13-15-24)29-20-10-4-17(5-11-20)16-23-22(26)18-6-8-19(9-7-18)25(2)30(3,27)28/h4-11,21H,12-16H2,1-3H3,(H,23,26). The topological polar surface area (TPSA) is 79.0 Å². The molecule has 3 rings (SSSR count). The van der Waals surface area contributed by atoms with Crippen LogP contribution in [-0.2, 0) is 16.6 Å².